The van der Waals surface area contributed by atoms with E-state index in [-0.39, 0.29) is 18.8 Å². The van der Waals surface area contributed by atoms with Gasteiger partial charge in [-0.1, -0.05) is 35.9 Å². The zero-order valence-corrected chi connectivity index (χ0v) is 11.2. The predicted octanol–water partition coefficient (Wildman–Crippen LogP) is 2.76. The molecule has 0 aromatic heterocycles. The second kappa shape index (κ2) is 6.21. The van der Waals surface area contributed by atoms with Crippen LogP contribution in [0.5, 0.6) is 5.75 Å². The maximum Gasteiger partial charge on any atom is 0.339 e. The molecule has 0 saturated carbocycles. The van der Waals surface area contributed by atoms with E-state index < -0.39 is 5.97 Å². The van der Waals surface area contributed by atoms with Gasteiger partial charge >= 0.3 is 5.97 Å². The van der Waals surface area contributed by atoms with Gasteiger partial charge in [-0.05, 0) is 30.2 Å². The molecule has 0 radical (unpaired) electrons. The van der Waals surface area contributed by atoms with E-state index >= 15 is 0 Å². The van der Waals surface area contributed by atoms with Gasteiger partial charge in [0.2, 0.25) is 0 Å². The molecule has 4 heteroatoms. The lowest BCUT2D eigenvalue weighted by Crippen LogP contribution is -2.04. The van der Waals surface area contributed by atoms with Crippen LogP contribution in [0.1, 0.15) is 27.0 Å². The number of hydrogen-bond donors (Lipinski definition) is 2. The van der Waals surface area contributed by atoms with Crippen LogP contribution >= 0.6 is 0 Å². The van der Waals surface area contributed by atoms with Gasteiger partial charge < -0.3 is 14.9 Å². The van der Waals surface area contributed by atoms with E-state index in [9.17, 15) is 4.79 Å². The van der Waals surface area contributed by atoms with Gasteiger partial charge in [-0.25, -0.2) is 4.79 Å². The molecule has 0 amide bonds. The molecule has 0 aliphatic rings. The Balaban J connectivity index is 2.12. The number of rotatable bonds is 5. The molecule has 0 atom stereocenters. The highest BCUT2D eigenvalue weighted by atomic mass is 16.5. The zero-order valence-electron chi connectivity index (χ0n) is 11.2. The van der Waals surface area contributed by atoms with Gasteiger partial charge in [0, 0.05) is 0 Å². The summed E-state index contributed by atoms with van der Waals surface area (Å²) >= 11 is 0. The molecule has 2 N–H and O–H groups in total. The Labute approximate surface area is 117 Å². The van der Waals surface area contributed by atoms with E-state index in [1.165, 1.54) is 0 Å². The van der Waals surface area contributed by atoms with Crippen LogP contribution in [0.2, 0.25) is 0 Å². The summed E-state index contributed by atoms with van der Waals surface area (Å²) in [6.07, 6.45) is 0. The summed E-state index contributed by atoms with van der Waals surface area (Å²) in [5.41, 5.74) is 2.79. The second-order valence-corrected chi connectivity index (χ2v) is 4.57. The maximum atomic E-state index is 11.2. The quantitative estimate of drug-likeness (QED) is 0.878. The second-order valence-electron chi connectivity index (χ2n) is 4.57. The molecule has 104 valence electrons. The Kier molecular flexibility index (Phi) is 4.38. The van der Waals surface area contributed by atoms with Crippen molar-refractivity contribution >= 4 is 5.97 Å². The van der Waals surface area contributed by atoms with Gasteiger partial charge in [-0.2, -0.15) is 0 Å². The largest absolute Gasteiger partial charge is 0.488 e. The van der Waals surface area contributed by atoms with Crippen LogP contribution in [-0.4, -0.2) is 16.2 Å². The first-order valence-corrected chi connectivity index (χ1v) is 6.25. The van der Waals surface area contributed by atoms with Crippen molar-refractivity contribution in [1.29, 1.82) is 0 Å². The summed E-state index contributed by atoms with van der Waals surface area (Å²) in [5.74, 6) is -0.645. The third-order valence-electron chi connectivity index (χ3n) is 2.97. The van der Waals surface area contributed by atoms with Crippen molar-refractivity contribution in [3.63, 3.8) is 0 Å². The fraction of sp³-hybridized carbons (Fsp3) is 0.188. The molecule has 0 fully saturated rings. The summed E-state index contributed by atoms with van der Waals surface area (Å²) in [7, 11) is 0. The van der Waals surface area contributed by atoms with Crippen molar-refractivity contribution in [2.45, 2.75) is 20.1 Å². The van der Waals surface area contributed by atoms with Gasteiger partial charge in [0.25, 0.3) is 0 Å². The van der Waals surface area contributed by atoms with Gasteiger partial charge in [-0.3, -0.25) is 0 Å². The molecule has 4 nitrogen and oxygen atoms in total. The van der Waals surface area contributed by atoms with Gasteiger partial charge in [0.1, 0.15) is 17.9 Å². The summed E-state index contributed by atoms with van der Waals surface area (Å²) < 4.78 is 5.57. The van der Waals surface area contributed by atoms with Crippen LogP contribution in [0, 0.1) is 6.92 Å². The maximum absolute atomic E-state index is 11.2. The molecule has 2 rings (SSSR count). The van der Waals surface area contributed by atoms with E-state index in [0.717, 1.165) is 16.7 Å². The number of benzene rings is 2. The summed E-state index contributed by atoms with van der Waals surface area (Å²) in [5, 5.41) is 18.1. The van der Waals surface area contributed by atoms with Gasteiger partial charge in [0.15, 0.2) is 0 Å². The van der Waals surface area contributed by atoms with Crippen molar-refractivity contribution in [2.75, 3.05) is 0 Å². The topological polar surface area (TPSA) is 66.8 Å². The number of carboxylic acids is 1. The molecule has 0 aliphatic heterocycles. The van der Waals surface area contributed by atoms with Crippen LogP contribution in [0.15, 0.2) is 42.5 Å². The number of aryl methyl sites for hydroxylation is 1. The monoisotopic (exact) mass is 272 g/mol. The molecule has 20 heavy (non-hydrogen) atoms. The van der Waals surface area contributed by atoms with Gasteiger partial charge in [-0.15, -0.1) is 0 Å². The van der Waals surface area contributed by atoms with Crippen molar-refractivity contribution in [3.05, 3.63) is 64.7 Å². The highest BCUT2D eigenvalue weighted by Gasteiger charge is 2.11. The summed E-state index contributed by atoms with van der Waals surface area (Å²) in [6, 6.07) is 12.4. The Hall–Kier alpha value is -2.33. The first kappa shape index (κ1) is 14.1. The lowest BCUT2D eigenvalue weighted by Gasteiger charge is -2.10. The molecule has 0 saturated heterocycles. The predicted molar refractivity (Wildman–Crippen MR) is 74.8 cm³/mol. The minimum absolute atomic E-state index is 0.00224. The highest BCUT2D eigenvalue weighted by molar-refractivity contribution is 5.91. The Morgan fingerprint density at radius 3 is 2.35 bits per heavy atom. The zero-order chi connectivity index (χ0) is 14.5. The average Bonchev–Trinajstić information content (AvgIpc) is 2.46. The molecule has 0 spiro atoms. The van der Waals surface area contributed by atoms with Crippen LogP contribution in [0.4, 0.5) is 0 Å². The van der Waals surface area contributed by atoms with E-state index in [1.54, 1.807) is 12.1 Å². The fourth-order valence-corrected chi connectivity index (χ4v) is 1.84. The normalized spacial score (nSPS) is 10.3. The highest BCUT2D eigenvalue weighted by Crippen LogP contribution is 2.21. The van der Waals surface area contributed by atoms with Crippen LogP contribution in [0.25, 0.3) is 0 Å². The number of aliphatic hydroxyl groups excluding tert-OH is 1. The standard InChI is InChI=1S/C16H16O4/c1-11-2-7-15(14(8-11)16(18)19)20-10-13-5-3-12(9-17)4-6-13/h2-8,17H,9-10H2,1H3,(H,18,19). The minimum Gasteiger partial charge on any atom is -0.488 e. The number of hydrogen-bond acceptors (Lipinski definition) is 3. The molecule has 2 aromatic rings. The van der Waals surface area contributed by atoms with E-state index in [1.807, 2.05) is 37.3 Å². The van der Waals surface area contributed by atoms with Crippen molar-refractivity contribution in [2.24, 2.45) is 0 Å². The average molecular weight is 272 g/mol. The first-order chi connectivity index (χ1) is 9.60. The van der Waals surface area contributed by atoms with Crippen molar-refractivity contribution < 1.29 is 19.7 Å². The Morgan fingerprint density at radius 1 is 1.10 bits per heavy atom. The SMILES string of the molecule is Cc1ccc(OCc2ccc(CO)cc2)c(C(=O)O)c1. The summed E-state index contributed by atoms with van der Waals surface area (Å²) in [4.78, 5) is 11.2. The summed E-state index contributed by atoms with van der Waals surface area (Å²) in [6.45, 7) is 2.13. The van der Waals surface area contributed by atoms with E-state index in [0.29, 0.717) is 5.75 Å². The van der Waals surface area contributed by atoms with Crippen molar-refractivity contribution in [3.8, 4) is 5.75 Å². The number of aromatic carboxylic acids is 1. The van der Waals surface area contributed by atoms with Gasteiger partial charge in [0.05, 0.1) is 6.61 Å². The number of carbonyl (C=O) groups is 1. The van der Waals surface area contributed by atoms with Crippen LogP contribution in [0.3, 0.4) is 0 Å². The third-order valence-corrected chi connectivity index (χ3v) is 2.97. The van der Waals surface area contributed by atoms with Crippen molar-refractivity contribution in [1.82, 2.24) is 0 Å². The Morgan fingerprint density at radius 2 is 1.75 bits per heavy atom. The smallest absolute Gasteiger partial charge is 0.339 e. The van der Waals surface area contributed by atoms with Crippen LogP contribution < -0.4 is 4.74 Å². The lowest BCUT2D eigenvalue weighted by atomic mass is 10.1. The number of carboxylic acid groups (broad SMARTS) is 1. The first-order valence-electron chi connectivity index (χ1n) is 6.25. The number of ether oxygens (including phenoxy) is 1. The molecule has 0 unspecified atom stereocenters. The molecule has 0 aliphatic carbocycles. The third kappa shape index (κ3) is 3.36. The lowest BCUT2D eigenvalue weighted by molar-refractivity contribution is 0.0691. The Bertz CT molecular complexity index is 602. The molecule has 2 aromatic carbocycles. The fourth-order valence-electron chi connectivity index (χ4n) is 1.84. The molecule has 0 heterocycles. The minimum atomic E-state index is -1.00. The number of aliphatic hydroxyl groups is 1. The van der Waals surface area contributed by atoms with E-state index in [4.69, 9.17) is 14.9 Å². The molecule has 0 bridgehead atoms. The van der Waals surface area contributed by atoms with E-state index in [2.05, 4.69) is 0 Å². The molecular weight excluding hydrogens is 256 g/mol. The molecular formula is C16H16O4. The van der Waals surface area contributed by atoms with Crippen LogP contribution in [-0.2, 0) is 13.2 Å².